The van der Waals surface area contributed by atoms with Gasteiger partial charge in [0.1, 0.15) is 11.5 Å². The first-order valence-electron chi connectivity index (χ1n) is 13.6. The number of benzene rings is 4. The number of methoxy groups -OCH3 is 2. The van der Waals surface area contributed by atoms with Gasteiger partial charge in [-0.3, -0.25) is 0 Å². The fraction of sp³-hybridized carbons (Fsp3) is 0.222. The molecular weight excluding hydrogens is 464 g/mol. The normalized spacial score (nSPS) is 16.7. The Balaban J connectivity index is 1.25. The van der Waals surface area contributed by atoms with Crippen LogP contribution in [0.25, 0.3) is 34.4 Å². The summed E-state index contributed by atoms with van der Waals surface area (Å²) in [5.74, 6) is 1.79. The summed E-state index contributed by atoms with van der Waals surface area (Å²) in [7, 11) is 3.44. The molecule has 0 heterocycles. The molecule has 1 fully saturated rings. The van der Waals surface area contributed by atoms with Crippen molar-refractivity contribution in [2.45, 2.75) is 32.1 Å². The molecule has 7 rings (SSSR count). The van der Waals surface area contributed by atoms with E-state index in [1.807, 2.05) is 0 Å². The van der Waals surface area contributed by atoms with Gasteiger partial charge in [-0.15, -0.1) is 0 Å². The lowest BCUT2D eigenvalue weighted by molar-refractivity contribution is 0.235. The van der Waals surface area contributed by atoms with Gasteiger partial charge < -0.3 is 9.47 Å². The van der Waals surface area contributed by atoms with Gasteiger partial charge in [-0.2, -0.15) is 0 Å². The lowest BCUT2D eigenvalue weighted by Crippen LogP contribution is -2.34. The van der Waals surface area contributed by atoms with Crippen molar-refractivity contribution in [1.82, 2.24) is 0 Å². The van der Waals surface area contributed by atoms with E-state index in [1.165, 1.54) is 63.8 Å². The molecule has 4 aromatic rings. The number of rotatable bonds is 6. The highest BCUT2D eigenvalue weighted by Gasteiger charge is 2.46. The van der Waals surface area contributed by atoms with E-state index in [4.69, 9.17) is 9.47 Å². The SMILES string of the molecule is COc1ccc(-c2cccc3c2C=C(C2(C4=Cc5c(cccc5-c5ccc(OC)cc5)C4)CCC2)C3)cc1. The maximum atomic E-state index is 5.39. The Kier molecular flexibility index (Phi) is 5.51. The zero-order valence-corrected chi connectivity index (χ0v) is 22.1. The molecule has 0 aromatic heterocycles. The van der Waals surface area contributed by atoms with Gasteiger partial charge in [0.05, 0.1) is 14.2 Å². The Bertz CT molecular complexity index is 1460. The van der Waals surface area contributed by atoms with Crippen LogP contribution in [0.15, 0.2) is 96.1 Å². The Morgan fingerprint density at radius 1 is 0.553 bits per heavy atom. The molecule has 2 heteroatoms. The van der Waals surface area contributed by atoms with E-state index in [9.17, 15) is 0 Å². The van der Waals surface area contributed by atoms with Gasteiger partial charge in [0, 0.05) is 5.41 Å². The van der Waals surface area contributed by atoms with Crippen LogP contribution in [0.5, 0.6) is 11.5 Å². The Hall–Kier alpha value is -4.04. The summed E-state index contributed by atoms with van der Waals surface area (Å²) in [5, 5.41) is 0. The standard InChI is InChI=1S/C36H32O2/c1-37-30-14-10-24(11-15-30)32-8-3-6-26-20-28(22-34(26)32)36(18-5-19-36)29-21-27-7-4-9-33(35(27)23-29)25-12-16-31(38-2)17-13-25/h3-4,6-17,22-23H,5,18-21H2,1-2H3. The topological polar surface area (TPSA) is 18.5 Å². The maximum absolute atomic E-state index is 5.39. The van der Waals surface area contributed by atoms with Crippen LogP contribution in [0.4, 0.5) is 0 Å². The van der Waals surface area contributed by atoms with Crippen LogP contribution in [0.3, 0.4) is 0 Å². The van der Waals surface area contributed by atoms with Crippen LogP contribution in [0.1, 0.15) is 41.5 Å². The second kappa shape index (κ2) is 9.06. The van der Waals surface area contributed by atoms with Crippen molar-refractivity contribution < 1.29 is 9.47 Å². The van der Waals surface area contributed by atoms with Crippen LogP contribution in [0, 0.1) is 5.41 Å². The summed E-state index contributed by atoms with van der Waals surface area (Å²) in [5.41, 5.74) is 14.2. The van der Waals surface area contributed by atoms with Crippen molar-refractivity contribution in [2.24, 2.45) is 5.41 Å². The average molecular weight is 497 g/mol. The molecule has 0 amide bonds. The minimum atomic E-state index is 0.187. The molecular formula is C36H32O2. The molecule has 0 saturated heterocycles. The molecule has 0 atom stereocenters. The highest BCUT2D eigenvalue weighted by Crippen LogP contribution is 2.58. The van der Waals surface area contributed by atoms with Gasteiger partial charge in [0.2, 0.25) is 0 Å². The fourth-order valence-electron chi connectivity index (χ4n) is 6.77. The first-order chi connectivity index (χ1) is 18.7. The number of allylic oxidation sites excluding steroid dienone is 2. The van der Waals surface area contributed by atoms with E-state index in [-0.39, 0.29) is 5.41 Å². The van der Waals surface area contributed by atoms with E-state index in [0.29, 0.717) is 0 Å². The lowest BCUT2D eigenvalue weighted by Gasteiger charge is -2.45. The molecule has 0 bridgehead atoms. The van der Waals surface area contributed by atoms with Crippen LogP contribution in [0.2, 0.25) is 0 Å². The second-order valence-electron chi connectivity index (χ2n) is 10.8. The summed E-state index contributed by atoms with van der Waals surface area (Å²) in [6.45, 7) is 0. The number of hydrogen-bond acceptors (Lipinski definition) is 2. The average Bonchev–Trinajstić information content (AvgIpc) is 3.57. The van der Waals surface area contributed by atoms with Gasteiger partial charge in [0.15, 0.2) is 0 Å². The van der Waals surface area contributed by atoms with Gasteiger partial charge in [0.25, 0.3) is 0 Å². The third-order valence-electron chi connectivity index (χ3n) is 9.03. The molecule has 0 aliphatic heterocycles. The minimum absolute atomic E-state index is 0.187. The van der Waals surface area contributed by atoms with E-state index >= 15 is 0 Å². The van der Waals surface area contributed by atoms with Crippen LogP contribution in [-0.2, 0) is 12.8 Å². The molecule has 0 radical (unpaired) electrons. The predicted octanol–water partition coefficient (Wildman–Crippen LogP) is 8.79. The number of hydrogen-bond donors (Lipinski definition) is 0. The summed E-state index contributed by atoms with van der Waals surface area (Å²) in [6, 6.07) is 30.5. The zero-order valence-electron chi connectivity index (χ0n) is 22.1. The van der Waals surface area contributed by atoms with Gasteiger partial charge in [-0.05, 0) is 94.5 Å². The van der Waals surface area contributed by atoms with Crippen molar-refractivity contribution in [3.8, 4) is 33.8 Å². The first-order valence-corrected chi connectivity index (χ1v) is 13.6. The van der Waals surface area contributed by atoms with Crippen molar-refractivity contribution in [3.63, 3.8) is 0 Å². The summed E-state index contributed by atoms with van der Waals surface area (Å²) in [4.78, 5) is 0. The van der Waals surface area contributed by atoms with E-state index < -0.39 is 0 Å². The lowest BCUT2D eigenvalue weighted by atomic mass is 9.59. The molecule has 3 aliphatic carbocycles. The van der Waals surface area contributed by atoms with Gasteiger partial charge in [-0.1, -0.05) is 90.4 Å². The van der Waals surface area contributed by atoms with E-state index in [1.54, 1.807) is 25.4 Å². The molecule has 0 N–H and O–H groups in total. The smallest absolute Gasteiger partial charge is 0.118 e. The van der Waals surface area contributed by atoms with Crippen molar-refractivity contribution in [2.75, 3.05) is 14.2 Å². The predicted molar refractivity (Wildman–Crippen MR) is 157 cm³/mol. The highest BCUT2D eigenvalue weighted by atomic mass is 16.5. The Morgan fingerprint density at radius 2 is 1.00 bits per heavy atom. The van der Waals surface area contributed by atoms with Crippen LogP contribution >= 0.6 is 0 Å². The van der Waals surface area contributed by atoms with Gasteiger partial charge >= 0.3 is 0 Å². The molecule has 188 valence electrons. The highest BCUT2D eigenvalue weighted by molar-refractivity contribution is 5.85. The quantitative estimate of drug-likeness (QED) is 0.266. The Labute approximate surface area is 225 Å². The minimum Gasteiger partial charge on any atom is -0.497 e. The maximum Gasteiger partial charge on any atom is 0.118 e. The van der Waals surface area contributed by atoms with Crippen LogP contribution in [-0.4, -0.2) is 14.2 Å². The summed E-state index contributed by atoms with van der Waals surface area (Å²) < 4.78 is 10.8. The molecule has 2 nitrogen and oxygen atoms in total. The fourth-order valence-corrected chi connectivity index (χ4v) is 6.77. The van der Waals surface area contributed by atoms with E-state index in [0.717, 1.165) is 24.3 Å². The van der Waals surface area contributed by atoms with Crippen molar-refractivity contribution >= 4 is 12.2 Å². The largest absolute Gasteiger partial charge is 0.497 e. The summed E-state index contributed by atoms with van der Waals surface area (Å²) >= 11 is 0. The third kappa shape index (κ3) is 3.62. The zero-order chi connectivity index (χ0) is 25.7. The third-order valence-corrected chi connectivity index (χ3v) is 9.03. The molecule has 4 aromatic carbocycles. The summed E-state index contributed by atoms with van der Waals surface area (Å²) in [6.07, 6.45) is 11.0. The molecule has 0 unspecified atom stereocenters. The first kappa shape index (κ1) is 23.1. The van der Waals surface area contributed by atoms with Crippen LogP contribution < -0.4 is 9.47 Å². The van der Waals surface area contributed by atoms with Crippen molar-refractivity contribution in [3.05, 3.63) is 118 Å². The second-order valence-corrected chi connectivity index (χ2v) is 10.8. The van der Waals surface area contributed by atoms with E-state index in [2.05, 4.69) is 97.1 Å². The molecule has 1 saturated carbocycles. The molecule has 3 aliphatic rings. The molecule has 38 heavy (non-hydrogen) atoms. The Morgan fingerprint density at radius 3 is 1.37 bits per heavy atom. The number of fused-ring (bicyclic) bond motifs is 2. The monoisotopic (exact) mass is 496 g/mol. The van der Waals surface area contributed by atoms with Crippen molar-refractivity contribution in [1.29, 1.82) is 0 Å². The number of ether oxygens (including phenoxy) is 2. The van der Waals surface area contributed by atoms with Gasteiger partial charge in [-0.25, -0.2) is 0 Å². The molecule has 0 spiro atoms.